The summed E-state index contributed by atoms with van der Waals surface area (Å²) in [6, 6.07) is 7.05. The van der Waals surface area contributed by atoms with E-state index in [9.17, 15) is 9.90 Å². The minimum absolute atomic E-state index is 0.0517. The molecule has 0 bridgehead atoms. The van der Waals surface area contributed by atoms with Crippen LogP contribution in [0.2, 0.25) is 0 Å². The second-order valence-electron chi connectivity index (χ2n) is 5.28. The highest BCUT2D eigenvalue weighted by molar-refractivity contribution is 5.79. The molecule has 0 spiro atoms. The Labute approximate surface area is 114 Å². The molecule has 1 aromatic carbocycles. The number of para-hydroxylation sites is 1. The average Bonchev–Trinajstić information content (AvgIpc) is 2.58. The van der Waals surface area contributed by atoms with Crippen LogP contribution in [0.5, 0.6) is 5.75 Å². The maximum Gasteiger partial charge on any atom is 0.224 e. The molecule has 1 saturated carbocycles. The summed E-state index contributed by atoms with van der Waals surface area (Å²) in [7, 11) is 0. The van der Waals surface area contributed by atoms with E-state index in [0.717, 1.165) is 25.7 Å². The van der Waals surface area contributed by atoms with E-state index >= 15 is 0 Å². The van der Waals surface area contributed by atoms with Gasteiger partial charge in [0.25, 0.3) is 0 Å². The summed E-state index contributed by atoms with van der Waals surface area (Å²) in [4.78, 5) is 12.0. The molecule has 0 heterocycles. The Morgan fingerprint density at radius 1 is 1.26 bits per heavy atom. The molecular weight excluding hydrogens is 240 g/mol. The van der Waals surface area contributed by atoms with Crippen LogP contribution < -0.4 is 11.1 Å². The molecule has 1 aliphatic carbocycles. The number of hydrogen-bond donors (Lipinski definition) is 3. The van der Waals surface area contributed by atoms with Gasteiger partial charge in [0, 0.05) is 17.6 Å². The lowest BCUT2D eigenvalue weighted by atomic mass is 10.0. The zero-order valence-corrected chi connectivity index (χ0v) is 11.1. The molecule has 2 rings (SSSR count). The van der Waals surface area contributed by atoms with Gasteiger partial charge in [-0.05, 0) is 18.9 Å². The van der Waals surface area contributed by atoms with Crippen LogP contribution in [0.25, 0.3) is 0 Å². The SMILES string of the molecule is NC1CCCCCC1NC(=O)Cc1ccccc1O. The van der Waals surface area contributed by atoms with Crippen molar-refractivity contribution in [3.63, 3.8) is 0 Å². The van der Waals surface area contributed by atoms with E-state index in [1.165, 1.54) is 6.42 Å². The monoisotopic (exact) mass is 262 g/mol. The van der Waals surface area contributed by atoms with Crippen molar-refractivity contribution in [2.24, 2.45) is 5.73 Å². The third-order valence-corrected chi connectivity index (χ3v) is 3.76. The molecule has 1 aromatic rings. The summed E-state index contributed by atoms with van der Waals surface area (Å²) < 4.78 is 0. The fourth-order valence-electron chi connectivity index (χ4n) is 2.61. The van der Waals surface area contributed by atoms with Crippen molar-refractivity contribution in [2.75, 3.05) is 0 Å². The molecule has 1 aliphatic rings. The molecule has 1 amide bonds. The van der Waals surface area contributed by atoms with Crippen molar-refractivity contribution in [3.05, 3.63) is 29.8 Å². The van der Waals surface area contributed by atoms with Gasteiger partial charge in [-0.1, -0.05) is 37.5 Å². The van der Waals surface area contributed by atoms with Crippen molar-refractivity contribution in [3.8, 4) is 5.75 Å². The minimum Gasteiger partial charge on any atom is -0.508 e. The van der Waals surface area contributed by atoms with E-state index in [4.69, 9.17) is 5.73 Å². The summed E-state index contributed by atoms with van der Waals surface area (Å²) in [6.45, 7) is 0. The number of aromatic hydroxyl groups is 1. The van der Waals surface area contributed by atoms with Gasteiger partial charge < -0.3 is 16.2 Å². The lowest BCUT2D eigenvalue weighted by molar-refractivity contribution is -0.121. The third kappa shape index (κ3) is 3.96. The predicted octanol–water partition coefficient (Wildman–Crippen LogP) is 1.71. The predicted molar refractivity (Wildman–Crippen MR) is 74.8 cm³/mol. The normalized spacial score (nSPS) is 23.6. The second-order valence-corrected chi connectivity index (χ2v) is 5.28. The first-order valence-electron chi connectivity index (χ1n) is 6.98. The van der Waals surface area contributed by atoms with E-state index < -0.39 is 0 Å². The Bertz CT molecular complexity index is 434. The Balaban J connectivity index is 1.92. The van der Waals surface area contributed by atoms with Crippen molar-refractivity contribution in [1.29, 1.82) is 0 Å². The highest BCUT2D eigenvalue weighted by atomic mass is 16.3. The van der Waals surface area contributed by atoms with Crippen LogP contribution in [0.1, 0.15) is 37.7 Å². The minimum atomic E-state index is -0.0659. The van der Waals surface area contributed by atoms with Crippen LogP contribution in [-0.4, -0.2) is 23.1 Å². The Hall–Kier alpha value is -1.55. The number of rotatable bonds is 3. The molecule has 0 saturated heterocycles. The number of nitrogens with one attached hydrogen (secondary N) is 1. The van der Waals surface area contributed by atoms with Gasteiger partial charge in [0.05, 0.1) is 6.42 Å². The highest BCUT2D eigenvalue weighted by Gasteiger charge is 2.22. The van der Waals surface area contributed by atoms with Crippen molar-refractivity contribution < 1.29 is 9.90 Å². The maximum absolute atomic E-state index is 12.0. The Morgan fingerprint density at radius 2 is 2.00 bits per heavy atom. The van der Waals surface area contributed by atoms with Crippen LogP contribution in [0.15, 0.2) is 24.3 Å². The van der Waals surface area contributed by atoms with Crippen LogP contribution in [0.3, 0.4) is 0 Å². The quantitative estimate of drug-likeness (QED) is 0.726. The topological polar surface area (TPSA) is 75.3 Å². The number of phenols is 1. The fourth-order valence-corrected chi connectivity index (χ4v) is 2.61. The molecular formula is C15H22N2O2. The van der Waals surface area contributed by atoms with E-state index in [-0.39, 0.29) is 30.2 Å². The van der Waals surface area contributed by atoms with Gasteiger partial charge in [-0.25, -0.2) is 0 Å². The Kier molecular flexibility index (Phi) is 4.80. The number of amides is 1. The largest absolute Gasteiger partial charge is 0.508 e. The van der Waals surface area contributed by atoms with Crippen molar-refractivity contribution in [2.45, 2.75) is 50.6 Å². The molecule has 19 heavy (non-hydrogen) atoms. The molecule has 1 fully saturated rings. The zero-order chi connectivity index (χ0) is 13.7. The van der Waals surface area contributed by atoms with Gasteiger partial charge in [0.1, 0.15) is 5.75 Å². The average molecular weight is 262 g/mol. The number of phenolic OH excluding ortho intramolecular Hbond substituents is 1. The van der Waals surface area contributed by atoms with Gasteiger partial charge in [-0.3, -0.25) is 4.79 Å². The number of carbonyl (C=O) groups is 1. The first-order chi connectivity index (χ1) is 9.16. The number of hydrogen-bond acceptors (Lipinski definition) is 3. The van der Waals surface area contributed by atoms with E-state index in [1.807, 2.05) is 6.07 Å². The molecule has 104 valence electrons. The first kappa shape index (κ1) is 13.9. The Morgan fingerprint density at radius 3 is 2.79 bits per heavy atom. The van der Waals surface area contributed by atoms with Crippen molar-refractivity contribution >= 4 is 5.91 Å². The lowest BCUT2D eigenvalue weighted by Crippen LogP contribution is -2.47. The van der Waals surface area contributed by atoms with Gasteiger partial charge in [0.15, 0.2) is 0 Å². The van der Waals surface area contributed by atoms with Gasteiger partial charge in [0.2, 0.25) is 5.91 Å². The summed E-state index contributed by atoms with van der Waals surface area (Å²) >= 11 is 0. The molecule has 2 unspecified atom stereocenters. The lowest BCUT2D eigenvalue weighted by Gasteiger charge is -2.22. The summed E-state index contributed by atoms with van der Waals surface area (Å²) in [5, 5.41) is 12.7. The summed E-state index contributed by atoms with van der Waals surface area (Å²) in [5.41, 5.74) is 6.74. The summed E-state index contributed by atoms with van der Waals surface area (Å²) in [5.74, 6) is 0.103. The molecule has 4 heteroatoms. The van der Waals surface area contributed by atoms with E-state index in [0.29, 0.717) is 5.56 Å². The fraction of sp³-hybridized carbons (Fsp3) is 0.533. The van der Waals surface area contributed by atoms with Crippen LogP contribution in [-0.2, 0) is 11.2 Å². The van der Waals surface area contributed by atoms with Gasteiger partial charge in [-0.2, -0.15) is 0 Å². The van der Waals surface area contributed by atoms with Crippen LogP contribution in [0, 0.1) is 0 Å². The zero-order valence-electron chi connectivity index (χ0n) is 11.1. The molecule has 4 N–H and O–H groups in total. The molecule has 2 atom stereocenters. The molecule has 4 nitrogen and oxygen atoms in total. The molecule has 0 aromatic heterocycles. The third-order valence-electron chi connectivity index (χ3n) is 3.76. The van der Waals surface area contributed by atoms with Crippen LogP contribution in [0.4, 0.5) is 0 Å². The first-order valence-corrected chi connectivity index (χ1v) is 6.98. The summed E-state index contributed by atoms with van der Waals surface area (Å²) in [6.07, 6.45) is 5.59. The smallest absolute Gasteiger partial charge is 0.224 e. The van der Waals surface area contributed by atoms with E-state index in [1.54, 1.807) is 18.2 Å². The number of benzene rings is 1. The second kappa shape index (κ2) is 6.57. The van der Waals surface area contributed by atoms with Crippen LogP contribution >= 0.6 is 0 Å². The molecule has 0 aliphatic heterocycles. The standard InChI is InChI=1S/C15H22N2O2/c16-12-7-2-1-3-8-13(12)17-15(19)10-11-6-4-5-9-14(11)18/h4-6,9,12-13,18H,1-3,7-8,10,16H2,(H,17,19). The van der Waals surface area contributed by atoms with E-state index in [2.05, 4.69) is 5.32 Å². The van der Waals surface area contributed by atoms with Crippen molar-refractivity contribution in [1.82, 2.24) is 5.32 Å². The maximum atomic E-state index is 12.0. The van der Waals surface area contributed by atoms with Gasteiger partial charge in [-0.15, -0.1) is 0 Å². The number of carbonyl (C=O) groups excluding carboxylic acids is 1. The number of nitrogens with two attached hydrogens (primary N) is 1. The van der Waals surface area contributed by atoms with Gasteiger partial charge >= 0.3 is 0 Å². The molecule has 0 radical (unpaired) electrons. The highest BCUT2D eigenvalue weighted by Crippen LogP contribution is 2.18.